The van der Waals surface area contributed by atoms with E-state index < -0.39 is 9.84 Å². The quantitative estimate of drug-likeness (QED) is 0.281. The van der Waals surface area contributed by atoms with Crippen LogP contribution in [-0.2, 0) is 9.84 Å². The lowest BCUT2D eigenvalue weighted by atomic mass is 9.89. The molecule has 2 aromatic rings. The number of benzene rings is 2. The Morgan fingerprint density at radius 2 is 1.70 bits per heavy atom. The summed E-state index contributed by atoms with van der Waals surface area (Å²) in [6.45, 7) is 7.61. The molecule has 0 amide bonds. The van der Waals surface area contributed by atoms with Gasteiger partial charge < -0.3 is 15.1 Å². The number of hydrogen-bond acceptors (Lipinski definition) is 6. The second kappa shape index (κ2) is 12.9. The van der Waals surface area contributed by atoms with Crippen molar-refractivity contribution < 1.29 is 13.2 Å². The molecule has 0 bridgehead atoms. The number of anilines is 2. The molecule has 2 fully saturated rings. The molecule has 2 saturated heterocycles. The van der Waals surface area contributed by atoms with Crippen molar-refractivity contribution >= 4 is 27.0 Å². The van der Waals surface area contributed by atoms with Crippen LogP contribution in [0.25, 0.3) is 0 Å². The van der Waals surface area contributed by atoms with E-state index in [0.29, 0.717) is 17.9 Å². The van der Waals surface area contributed by atoms with E-state index in [9.17, 15) is 13.2 Å². The fraction of sp³-hybridized carbons (Fsp3) is 0.567. The maximum Gasteiger partial charge on any atom is 0.177 e. The molecule has 1 N–H and O–H groups in total. The number of ketones is 1. The monoisotopic (exact) mass is 525 g/mol. The Labute approximate surface area is 223 Å². The Morgan fingerprint density at radius 3 is 2.35 bits per heavy atom. The average Bonchev–Trinajstić information content (AvgIpc) is 3.42. The highest BCUT2D eigenvalue weighted by atomic mass is 32.2. The lowest BCUT2D eigenvalue weighted by Gasteiger charge is -2.35. The molecule has 0 aliphatic carbocycles. The van der Waals surface area contributed by atoms with Crippen LogP contribution in [0.2, 0.25) is 0 Å². The SMILES string of the molecule is CCCCCC(=O)c1cc(S(C)(=O)=O)c(N2CCC(c3ccccc3)CC2)cc1NCCN1CCCC1. The first-order valence-electron chi connectivity index (χ1n) is 14.0. The number of sulfone groups is 1. The van der Waals surface area contributed by atoms with E-state index >= 15 is 0 Å². The summed E-state index contributed by atoms with van der Waals surface area (Å²) in [6, 6.07) is 14.2. The normalized spacial score (nSPS) is 17.3. The average molecular weight is 526 g/mol. The molecule has 0 aromatic heterocycles. The van der Waals surface area contributed by atoms with Crippen LogP contribution in [0.3, 0.4) is 0 Å². The van der Waals surface area contributed by atoms with Crippen molar-refractivity contribution in [3.05, 3.63) is 53.6 Å². The molecule has 0 unspecified atom stereocenters. The van der Waals surface area contributed by atoms with E-state index in [4.69, 9.17) is 0 Å². The molecule has 2 heterocycles. The Balaban J connectivity index is 1.60. The molecule has 37 heavy (non-hydrogen) atoms. The third-order valence-electron chi connectivity index (χ3n) is 7.86. The molecule has 0 spiro atoms. The lowest BCUT2D eigenvalue weighted by Crippen LogP contribution is -2.34. The van der Waals surface area contributed by atoms with Gasteiger partial charge in [-0.1, -0.05) is 50.1 Å². The first-order chi connectivity index (χ1) is 17.9. The molecule has 2 aliphatic rings. The summed E-state index contributed by atoms with van der Waals surface area (Å²) in [5, 5.41) is 3.52. The number of likely N-dealkylation sites (tertiary alicyclic amines) is 1. The molecule has 0 atom stereocenters. The van der Waals surface area contributed by atoms with Crippen LogP contribution >= 0.6 is 0 Å². The molecule has 202 valence electrons. The largest absolute Gasteiger partial charge is 0.383 e. The number of rotatable bonds is 12. The van der Waals surface area contributed by atoms with Crippen molar-refractivity contribution in [3.63, 3.8) is 0 Å². The third-order valence-corrected chi connectivity index (χ3v) is 8.98. The number of nitrogens with one attached hydrogen (secondary N) is 1. The predicted molar refractivity (Wildman–Crippen MR) is 153 cm³/mol. The first kappa shape index (κ1) is 27.6. The Kier molecular flexibility index (Phi) is 9.65. The van der Waals surface area contributed by atoms with Crippen molar-refractivity contribution in [1.29, 1.82) is 0 Å². The third kappa shape index (κ3) is 7.35. The van der Waals surface area contributed by atoms with Crippen molar-refractivity contribution in [3.8, 4) is 0 Å². The summed E-state index contributed by atoms with van der Waals surface area (Å²) in [6.07, 6.45) is 9.00. The highest BCUT2D eigenvalue weighted by molar-refractivity contribution is 7.90. The van der Waals surface area contributed by atoms with Gasteiger partial charge >= 0.3 is 0 Å². The zero-order valence-corrected chi connectivity index (χ0v) is 23.4. The number of carbonyl (C=O) groups excluding carboxylic acids is 1. The van der Waals surface area contributed by atoms with Crippen LogP contribution < -0.4 is 10.2 Å². The summed E-state index contributed by atoms with van der Waals surface area (Å²) in [4.78, 5) is 18.2. The molecule has 4 rings (SSSR count). The minimum absolute atomic E-state index is 0.0244. The van der Waals surface area contributed by atoms with Crippen LogP contribution in [-0.4, -0.2) is 64.6 Å². The van der Waals surface area contributed by atoms with Crippen molar-refractivity contribution in [2.45, 2.75) is 69.1 Å². The van der Waals surface area contributed by atoms with Crippen molar-refractivity contribution in [1.82, 2.24) is 4.90 Å². The lowest BCUT2D eigenvalue weighted by molar-refractivity contribution is 0.0980. The van der Waals surface area contributed by atoms with E-state index in [-0.39, 0.29) is 10.7 Å². The van der Waals surface area contributed by atoms with Crippen LogP contribution in [0, 0.1) is 0 Å². The topological polar surface area (TPSA) is 69.7 Å². The Hall–Kier alpha value is -2.38. The zero-order chi connectivity index (χ0) is 26.3. The fourth-order valence-electron chi connectivity index (χ4n) is 5.69. The fourth-order valence-corrected chi connectivity index (χ4v) is 6.59. The molecular weight excluding hydrogens is 482 g/mol. The molecule has 2 aliphatic heterocycles. The summed E-state index contributed by atoms with van der Waals surface area (Å²) >= 11 is 0. The summed E-state index contributed by atoms with van der Waals surface area (Å²) in [5.41, 5.74) is 3.36. The van der Waals surface area contributed by atoms with E-state index in [1.807, 2.05) is 12.1 Å². The summed E-state index contributed by atoms with van der Waals surface area (Å²) < 4.78 is 25.9. The molecular formula is C30H43N3O3S. The number of hydrogen-bond donors (Lipinski definition) is 1. The second-order valence-corrected chi connectivity index (χ2v) is 12.6. The zero-order valence-electron chi connectivity index (χ0n) is 22.5. The number of carbonyl (C=O) groups is 1. The van der Waals surface area contributed by atoms with E-state index in [1.54, 1.807) is 6.07 Å². The van der Waals surface area contributed by atoms with Gasteiger partial charge in [0.1, 0.15) is 0 Å². The highest BCUT2D eigenvalue weighted by Crippen LogP contribution is 2.37. The van der Waals surface area contributed by atoms with Crippen LogP contribution in [0.4, 0.5) is 11.4 Å². The van der Waals surface area contributed by atoms with Crippen LogP contribution in [0.15, 0.2) is 47.4 Å². The van der Waals surface area contributed by atoms with Gasteiger partial charge in [0, 0.05) is 50.1 Å². The summed E-state index contributed by atoms with van der Waals surface area (Å²) in [7, 11) is -3.51. The number of Topliss-reactive ketones (excluding diaryl/α,β-unsaturated/α-hetero) is 1. The van der Waals surface area contributed by atoms with Crippen LogP contribution in [0.1, 0.15) is 80.1 Å². The molecule has 2 aromatic carbocycles. The molecule has 0 radical (unpaired) electrons. The minimum atomic E-state index is -3.51. The second-order valence-electron chi connectivity index (χ2n) is 10.7. The van der Waals surface area contributed by atoms with E-state index in [1.165, 1.54) is 24.7 Å². The maximum atomic E-state index is 13.3. The maximum absolute atomic E-state index is 13.3. The van der Waals surface area contributed by atoms with Crippen LogP contribution in [0.5, 0.6) is 0 Å². The molecule has 0 saturated carbocycles. The number of nitrogens with zero attached hydrogens (tertiary/aromatic N) is 2. The Bertz CT molecular complexity index is 1140. The van der Waals surface area contributed by atoms with Crippen molar-refractivity contribution in [2.75, 3.05) is 55.7 Å². The van der Waals surface area contributed by atoms with E-state index in [2.05, 4.69) is 46.3 Å². The van der Waals surface area contributed by atoms with Gasteiger partial charge in [0.05, 0.1) is 10.6 Å². The Morgan fingerprint density at radius 1 is 1.00 bits per heavy atom. The minimum Gasteiger partial charge on any atom is -0.383 e. The predicted octanol–water partition coefficient (Wildman–Crippen LogP) is 5.74. The van der Waals surface area contributed by atoms with Gasteiger partial charge in [-0.3, -0.25) is 4.79 Å². The van der Waals surface area contributed by atoms with Gasteiger partial charge in [0.15, 0.2) is 15.6 Å². The van der Waals surface area contributed by atoms with Gasteiger partial charge in [-0.05, 0) is 68.8 Å². The van der Waals surface area contributed by atoms with Gasteiger partial charge in [-0.2, -0.15) is 0 Å². The van der Waals surface area contributed by atoms with Crippen molar-refractivity contribution in [2.24, 2.45) is 0 Å². The van der Waals surface area contributed by atoms with Gasteiger partial charge in [0.2, 0.25) is 0 Å². The molecule has 6 nitrogen and oxygen atoms in total. The summed E-state index contributed by atoms with van der Waals surface area (Å²) in [5.74, 6) is 0.507. The van der Waals surface area contributed by atoms with Gasteiger partial charge in [-0.15, -0.1) is 0 Å². The smallest absolute Gasteiger partial charge is 0.177 e. The van der Waals surface area contributed by atoms with E-state index in [0.717, 1.165) is 82.7 Å². The highest BCUT2D eigenvalue weighted by Gasteiger charge is 2.27. The van der Waals surface area contributed by atoms with Gasteiger partial charge in [0.25, 0.3) is 0 Å². The first-order valence-corrected chi connectivity index (χ1v) is 15.9. The van der Waals surface area contributed by atoms with Gasteiger partial charge in [-0.25, -0.2) is 8.42 Å². The standard InChI is InChI=1S/C30H43N3O3S/c1-3-4-6-13-29(34)26-22-30(37(2,35)36)28(23-27(26)31-16-21-32-17-9-10-18-32)33-19-14-25(15-20-33)24-11-7-5-8-12-24/h5,7-8,11-12,22-23,25,31H,3-4,6,9-10,13-21H2,1-2H3. The number of piperidine rings is 1. The molecule has 7 heteroatoms. The number of unbranched alkanes of at least 4 members (excludes halogenated alkanes) is 2.